The van der Waals surface area contributed by atoms with Gasteiger partial charge in [-0.2, -0.15) is 0 Å². The molecule has 1 unspecified atom stereocenters. The first-order valence-electron chi connectivity index (χ1n) is 5.74. The zero-order valence-corrected chi connectivity index (χ0v) is 11.1. The first-order chi connectivity index (χ1) is 9.04. The molecule has 1 atom stereocenters. The van der Waals surface area contributed by atoms with E-state index in [0.717, 1.165) is 5.56 Å². The van der Waals surface area contributed by atoms with Gasteiger partial charge in [-0.1, -0.05) is 11.6 Å². The topological polar surface area (TPSA) is 61.0 Å². The van der Waals surface area contributed by atoms with Crippen molar-refractivity contribution in [2.75, 3.05) is 0 Å². The fourth-order valence-electron chi connectivity index (χ4n) is 1.53. The average molecular weight is 282 g/mol. The van der Waals surface area contributed by atoms with Crippen LogP contribution in [0.4, 0.5) is 4.39 Å². The number of aromatic nitrogens is 2. The summed E-state index contributed by atoms with van der Waals surface area (Å²) in [5.74, 6) is -0.117. The van der Waals surface area contributed by atoms with Crippen molar-refractivity contribution in [1.82, 2.24) is 9.97 Å². The Morgan fingerprint density at radius 1 is 1.37 bits per heavy atom. The number of rotatable bonds is 4. The maximum absolute atomic E-state index is 12.9. The zero-order chi connectivity index (χ0) is 13.8. The molecular weight excluding hydrogens is 269 g/mol. The van der Waals surface area contributed by atoms with Gasteiger partial charge in [-0.15, -0.1) is 0 Å². The third-order valence-electron chi connectivity index (χ3n) is 2.33. The Kier molecular flexibility index (Phi) is 4.29. The van der Waals surface area contributed by atoms with E-state index in [1.54, 1.807) is 12.4 Å². The van der Waals surface area contributed by atoms with Crippen LogP contribution in [0.25, 0.3) is 0 Å². The van der Waals surface area contributed by atoms with Crippen molar-refractivity contribution in [2.24, 2.45) is 5.73 Å². The molecule has 1 aromatic heterocycles. The van der Waals surface area contributed by atoms with Gasteiger partial charge >= 0.3 is 6.01 Å². The molecule has 0 aliphatic rings. The highest BCUT2D eigenvalue weighted by molar-refractivity contribution is 6.32. The number of nitrogens with two attached hydrogens (primary N) is 1. The standard InChI is InChI=1S/C13H13ClFN3O/c1-8(16)4-9-6-17-13(18-7-9)19-12-3-2-10(15)5-11(12)14/h2-3,5-8H,4,16H2,1H3. The van der Waals surface area contributed by atoms with E-state index in [-0.39, 0.29) is 17.1 Å². The van der Waals surface area contributed by atoms with Crippen molar-refractivity contribution in [1.29, 1.82) is 0 Å². The van der Waals surface area contributed by atoms with Gasteiger partial charge in [-0.05, 0) is 37.1 Å². The Morgan fingerprint density at radius 3 is 2.63 bits per heavy atom. The monoisotopic (exact) mass is 281 g/mol. The molecule has 2 rings (SSSR count). The summed E-state index contributed by atoms with van der Waals surface area (Å²) in [5, 5.41) is 0.170. The van der Waals surface area contributed by atoms with Gasteiger partial charge in [0.15, 0.2) is 0 Å². The third kappa shape index (κ3) is 3.87. The van der Waals surface area contributed by atoms with Crippen molar-refractivity contribution in [3.63, 3.8) is 0 Å². The van der Waals surface area contributed by atoms with Crippen molar-refractivity contribution in [3.05, 3.63) is 47.0 Å². The number of hydrogen-bond acceptors (Lipinski definition) is 4. The van der Waals surface area contributed by atoms with Crippen LogP contribution >= 0.6 is 11.6 Å². The van der Waals surface area contributed by atoms with Gasteiger partial charge in [0.05, 0.1) is 5.02 Å². The van der Waals surface area contributed by atoms with Crippen LogP contribution in [0.5, 0.6) is 11.8 Å². The number of benzene rings is 1. The van der Waals surface area contributed by atoms with E-state index in [1.807, 2.05) is 6.92 Å². The smallest absolute Gasteiger partial charge is 0.321 e. The largest absolute Gasteiger partial charge is 0.423 e. The van der Waals surface area contributed by atoms with E-state index in [9.17, 15) is 4.39 Å². The van der Waals surface area contributed by atoms with E-state index in [2.05, 4.69) is 9.97 Å². The molecule has 0 saturated carbocycles. The summed E-state index contributed by atoms with van der Waals surface area (Å²) in [5.41, 5.74) is 6.60. The van der Waals surface area contributed by atoms with E-state index >= 15 is 0 Å². The Bertz CT molecular complexity index is 560. The Labute approximate surface area is 115 Å². The molecular formula is C13H13ClFN3O. The zero-order valence-electron chi connectivity index (χ0n) is 10.3. The van der Waals surface area contributed by atoms with E-state index in [0.29, 0.717) is 12.2 Å². The summed E-state index contributed by atoms with van der Waals surface area (Å²) < 4.78 is 18.2. The summed E-state index contributed by atoms with van der Waals surface area (Å²) in [7, 11) is 0. The molecule has 0 aliphatic heterocycles. The fraction of sp³-hybridized carbons (Fsp3) is 0.231. The predicted molar refractivity (Wildman–Crippen MR) is 70.9 cm³/mol. The molecule has 0 aliphatic carbocycles. The molecule has 0 spiro atoms. The highest BCUT2D eigenvalue weighted by atomic mass is 35.5. The van der Waals surface area contributed by atoms with Gasteiger partial charge in [0.2, 0.25) is 0 Å². The highest BCUT2D eigenvalue weighted by Crippen LogP contribution is 2.27. The Hall–Kier alpha value is -1.72. The van der Waals surface area contributed by atoms with Crippen LogP contribution in [0.1, 0.15) is 12.5 Å². The van der Waals surface area contributed by atoms with Gasteiger partial charge in [0.25, 0.3) is 0 Å². The lowest BCUT2D eigenvalue weighted by Gasteiger charge is -2.07. The fourth-order valence-corrected chi connectivity index (χ4v) is 1.73. The lowest BCUT2D eigenvalue weighted by molar-refractivity contribution is 0.439. The molecule has 0 saturated heterocycles. The van der Waals surface area contributed by atoms with Crippen LogP contribution in [0.2, 0.25) is 5.02 Å². The first-order valence-corrected chi connectivity index (χ1v) is 6.12. The second-order valence-electron chi connectivity index (χ2n) is 4.23. The maximum atomic E-state index is 12.9. The van der Waals surface area contributed by atoms with Crippen LogP contribution < -0.4 is 10.5 Å². The minimum absolute atomic E-state index is 0.0434. The second-order valence-corrected chi connectivity index (χ2v) is 4.64. The van der Waals surface area contributed by atoms with Crippen molar-refractivity contribution < 1.29 is 9.13 Å². The minimum Gasteiger partial charge on any atom is -0.423 e. The Balaban J connectivity index is 2.10. The van der Waals surface area contributed by atoms with Crippen LogP contribution in [0, 0.1) is 5.82 Å². The summed E-state index contributed by atoms with van der Waals surface area (Å²) in [4.78, 5) is 8.10. The number of nitrogens with zero attached hydrogens (tertiary/aromatic N) is 2. The summed E-state index contributed by atoms with van der Waals surface area (Å²) in [6, 6.07) is 4.05. The predicted octanol–water partition coefficient (Wildman–Crippen LogP) is 2.95. The first kappa shape index (κ1) is 13.7. The number of ether oxygens (including phenoxy) is 1. The lowest BCUT2D eigenvalue weighted by atomic mass is 10.1. The molecule has 1 heterocycles. The molecule has 100 valence electrons. The normalized spacial score (nSPS) is 12.2. The third-order valence-corrected chi connectivity index (χ3v) is 2.63. The van der Waals surface area contributed by atoms with Gasteiger partial charge in [0, 0.05) is 18.4 Å². The molecule has 2 N–H and O–H groups in total. The van der Waals surface area contributed by atoms with Crippen molar-refractivity contribution >= 4 is 11.6 Å². The molecule has 1 aromatic carbocycles. The van der Waals surface area contributed by atoms with Crippen LogP contribution in [-0.4, -0.2) is 16.0 Å². The van der Waals surface area contributed by atoms with Crippen LogP contribution in [0.3, 0.4) is 0 Å². The summed E-state index contributed by atoms with van der Waals surface area (Å²) >= 11 is 5.84. The van der Waals surface area contributed by atoms with Gasteiger partial charge < -0.3 is 10.5 Å². The molecule has 6 heteroatoms. The molecule has 2 aromatic rings. The Morgan fingerprint density at radius 2 is 2.05 bits per heavy atom. The molecule has 0 fully saturated rings. The lowest BCUT2D eigenvalue weighted by Crippen LogP contribution is -2.17. The van der Waals surface area contributed by atoms with Crippen molar-refractivity contribution in [2.45, 2.75) is 19.4 Å². The molecule has 0 radical (unpaired) electrons. The average Bonchev–Trinajstić information content (AvgIpc) is 2.34. The summed E-state index contributed by atoms with van der Waals surface area (Å²) in [6.45, 7) is 1.91. The quantitative estimate of drug-likeness (QED) is 0.936. The second kappa shape index (κ2) is 5.95. The van der Waals surface area contributed by atoms with Gasteiger partial charge in [-0.25, -0.2) is 14.4 Å². The van der Waals surface area contributed by atoms with Crippen LogP contribution in [0.15, 0.2) is 30.6 Å². The molecule has 0 bridgehead atoms. The highest BCUT2D eigenvalue weighted by Gasteiger charge is 2.07. The SMILES string of the molecule is CC(N)Cc1cnc(Oc2ccc(F)cc2Cl)nc1. The van der Waals surface area contributed by atoms with Gasteiger partial charge in [-0.3, -0.25) is 0 Å². The summed E-state index contributed by atoms with van der Waals surface area (Å²) in [6.07, 6.45) is 3.98. The van der Waals surface area contributed by atoms with Crippen molar-refractivity contribution in [3.8, 4) is 11.8 Å². The van der Waals surface area contributed by atoms with E-state index in [4.69, 9.17) is 22.1 Å². The maximum Gasteiger partial charge on any atom is 0.321 e. The molecule has 19 heavy (non-hydrogen) atoms. The molecule has 0 amide bonds. The van der Waals surface area contributed by atoms with E-state index in [1.165, 1.54) is 18.2 Å². The van der Waals surface area contributed by atoms with Crippen LogP contribution in [-0.2, 0) is 6.42 Å². The molecule has 4 nitrogen and oxygen atoms in total. The number of halogens is 2. The van der Waals surface area contributed by atoms with E-state index < -0.39 is 5.82 Å². The van der Waals surface area contributed by atoms with Gasteiger partial charge in [0.1, 0.15) is 11.6 Å². The number of hydrogen-bond donors (Lipinski definition) is 1. The minimum atomic E-state index is -0.425.